The molecule has 2 fully saturated rings. The van der Waals surface area contributed by atoms with E-state index in [0.29, 0.717) is 25.1 Å². The molecule has 2 amide bonds. The summed E-state index contributed by atoms with van der Waals surface area (Å²) in [6.07, 6.45) is 0.242. The minimum Gasteiger partial charge on any atom is -0.444 e. The third-order valence-corrected chi connectivity index (χ3v) is 6.23. The molecule has 1 N–H and O–H groups in total. The summed E-state index contributed by atoms with van der Waals surface area (Å²) in [4.78, 5) is 26.9. The van der Waals surface area contributed by atoms with Crippen LogP contribution in [0.2, 0.25) is 0 Å². The van der Waals surface area contributed by atoms with Crippen molar-refractivity contribution in [1.29, 1.82) is 0 Å². The quantitative estimate of drug-likeness (QED) is 0.746. The van der Waals surface area contributed by atoms with Crippen LogP contribution in [0.15, 0.2) is 18.2 Å². The zero-order valence-corrected chi connectivity index (χ0v) is 20.0. The second-order valence-electron chi connectivity index (χ2n) is 10.5. The summed E-state index contributed by atoms with van der Waals surface area (Å²) in [6.45, 7) is 16.6. The molecule has 0 radical (unpaired) electrons. The lowest BCUT2D eigenvalue weighted by Crippen LogP contribution is -2.41. The first-order chi connectivity index (χ1) is 14.2. The molecule has 2 aliphatic rings. The van der Waals surface area contributed by atoms with Crippen LogP contribution in [0.5, 0.6) is 0 Å². The van der Waals surface area contributed by atoms with Crippen LogP contribution in [0.3, 0.4) is 0 Å². The van der Waals surface area contributed by atoms with Crippen molar-refractivity contribution in [2.24, 2.45) is 0 Å². The van der Waals surface area contributed by atoms with Gasteiger partial charge in [0.2, 0.25) is 0 Å². The number of ether oxygens (including phenoxy) is 1. The van der Waals surface area contributed by atoms with E-state index in [0.717, 1.165) is 11.0 Å². The van der Waals surface area contributed by atoms with Gasteiger partial charge in [-0.25, -0.2) is 4.79 Å². The van der Waals surface area contributed by atoms with Crippen LogP contribution in [0, 0.1) is 6.92 Å². The topological polar surface area (TPSA) is 77.1 Å². The number of hydrogen-bond donors (Lipinski definition) is 1. The van der Waals surface area contributed by atoms with Crippen molar-refractivity contribution in [3.05, 3.63) is 29.3 Å². The molecule has 0 spiro atoms. The number of nitrogens with one attached hydrogen (secondary N) is 1. The molecule has 2 aliphatic heterocycles. The summed E-state index contributed by atoms with van der Waals surface area (Å²) >= 11 is 0. The third kappa shape index (κ3) is 5.23. The standard InChI is InChI=1S/C23H35BN2O5/c1-15-9-10-16(13-18(15)24-30-22(5,6)23(7,8)31-24)19(27)26-12-11-17(14-26)25-20(28)29-21(2,3)4/h9-10,13,17H,11-12,14H2,1-8H3,(H,25,28)/t17-/m1/s1. The molecule has 1 atom stereocenters. The van der Waals surface area contributed by atoms with Gasteiger partial charge >= 0.3 is 13.2 Å². The minimum absolute atomic E-state index is 0.0637. The van der Waals surface area contributed by atoms with Crippen LogP contribution < -0.4 is 10.8 Å². The molecule has 31 heavy (non-hydrogen) atoms. The lowest BCUT2D eigenvalue weighted by Gasteiger charge is -2.32. The first-order valence-corrected chi connectivity index (χ1v) is 10.9. The van der Waals surface area contributed by atoms with Crippen molar-refractivity contribution < 1.29 is 23.6 Å². The Hall–Kier alpha value is -2.06. The minimum atomic E-state index is -0.552. The van der Waals surface area contributed by atoms with E-state index in [1.807, 2.05) is 73.6 Å². The van der Waals surface area contributed by atoms with Crippen molar-refractivity contribution in [3.8, 4) is 0 Å². The van der Waals surface area contributed by atoms with Crippen LogP contribution >= 0.6 is 0 Å². The van der Waals surface area contributed by atoms with Crippen molar-refractivity contribution in [2.75, 3.05) is 13.1 Å². The van der Waals surface area contributed by atoms with Gasteiger partial charge in [-0.2, -0.15) is 0 Å². The van der Waals surface area contributed by atoms with Gasteiger partial charge in [-0.3, -0.25) is 4.79 Å². The van der Waals surface area contributed by atoms with Gasteiger partial charge in [-0.15, -0.1) is 0 Å². The molecule has 170 valence electrons. The van der Waals surface area contributed by atoms with Crippen molar-refractivity contribution >= 4 is 24.6 Å². The molecule has 2 heterocycles. The molecular weight excluding hydrogens is 395 g/mol. The normalized spacial score (nSPS) is 22.5. The van der Waals surface area contributed by atoms with Gasteiger partial charge in [0.15, 0.2) is 0 Å². The molecule has 0 aromatic heterocycles. The fourth-order valence-corrected chi connectivity index (χ4v) is 3.72. The van der Waals surface area contributed by atoms with Gasteiger partial charge in [-0.1, -0.05) is 11.6 Å². The highest BCUT2D eigenvalue weighted by atomic mass is 16.7. The first-order valence-electron chi connectivity index (χ1n) is 10.9. The summed E-state index contributed by atoms with van der Waals surface area (Å²) in [5, 5.41) is 2.86. The molecule has 0 bridgehead atoms. The largest absolute Gasteiger partial charge is 0.495 e. The van der Waals surface area contributed by atoms with Gasteiger partial charge in [0.1, 0.15) is 5.60 Å². The van der Waals surface area contributed by atoms with E-state index in [1.165, 1.54) is 0 Å². The van der Waals surface area contributed by atoms with Gasteiger partial charge < -0.3 is 24.3 Å². The molecule has 8 heteroatoms. The average Bonchev–Trinajstić information content (AvgIpc) is 3.14. The molecular formula is C23H35BN2O5. The number of carbonyl (C=O) groups excluding carboxylic acids is 2. The number of hydrogen-bond acceptors (Lipinski definition) is 5. The zero-order chi connectivity index (χ0) is 23.2. The average molecular weight is 430 g/mol. The monoisotopic (exact) mass is 430 g/mol. The molecule has 0 saturated carbocycles. The highest BCUT2D eigenvalue weighted by Gasteiger charge is 2.52. The Morgan fingerprint density at radius 2 is 1.77 bits per heavy atom. The molecule has 0 unspecified atom stereocenters. The fraction of sp³-hybridized carbons (Fsp3) is 0.652. The van der Waals surface area contributed by atoms with E-state index < -0.39 is 30.0 Å². The van der Waals surface area contributed by atoms with Crippen LogP contribution in [-0.2, 0) is 14.0 Å². The first kappa shape index (κ1) is 23.6. The van der Waals surface area contributed by atoms with E-state index in [-0.39, 0.29) is 11.9 Å². The smallest absolute Gasteiger partial charge is 0.444 e. The Labute approximate surface area is 185 Å². The number of likely N-dealkylation sites (tertiary alicyclic amines) is 1. The number of amides is 2. The Morgan fingerprint density at radius 1 is 1.16 bits per heavy atom. The summed E-state index contributed by atoms with van der Waals surface area (Å²) in [5.41, 5.74) is 1.03. The van der Waals surface area contributed by atoms with Gasteiger partial charge in [-0.05, 0) is 79.4 Å². The number of rotatable bonds is 3. The van der Waals surface area contributed by atoms with E-state index in [9.17, 15) is 9.59 Å². The highest BCUT2D eigenvalue weighted by molar-refractivity contribution is 6.62. The summed E-state index contributed by atoms with van der Waals surface area (Å²) in [5.74, 6) is -0.0637. The van der Waals surface area contributed by atoms with E-state index in [2.05, 4.69) is 5.32 Å². The van der Waals surface area contributed by atoms with Gasteiger partial charge in [0.25, 0.3) is 5.91 Å². The maximum atomic E-state index is 13.1. The van der Waals surface area contributed by atoms with Crippen molar-refractivity contribution in [2.45, 2.75) is 84.7 Å². The Bertz CT molecular complexity index is 846. The molecule has 3 rings (SSSR count). The van der Waals surface area contributed by atoms with Crippen LogP contribution in [0.1, 0.15) is 70.8 Å². The lowest BCUT2D eigenvalue weighted by atomic mass is 9.75. The number of aryl methyl sites for hydroxylation is 1. The maximum absolute atomic E-state index is 13.1. The van der Waals surface area contributed by atoms with Crippen LogP contribution in [0.4, 0.5) is 4.79 Å². The molecule has 0 aliphatic carbocycles. The SMILES string of the molecule is Cc1ccc(C(=O)N2CC[C@@H](NC(=O)OC(C)(C)C)C2)cc1B1OC(C)(C)C(C)(C)O1. The van der Waals surface area contributed by atoms with E-state index in [1.54, 1.807) is 4.90 Å². The second-order valence-corrected chi connectivity index (χ2v) is 10.5. The molecule has 1 aromatic rings. The Morgan fingerprint density at radius 3 is 2.35 bits per heavy atom. The van der Waals surface area contributed by atoms with Crippen molar-refractivity contribution in [3.63, 3.8) is 0 Å². The number of nitrogens with zero attached hydrogens (tertiary/aromatic N) is 1. The Balaban J connectivity index is 1.68. The fourth-order valence-electron chi connectivity index (χ4n) is 3.72. The van der Waals surface area contributed by atoms with E-state index in [4.69, 9.17) is 14.0 Å². The number of alkyl carbamates (subject to hydrolysis) is 1. The second kappa shape index (κ2) is 8.13. The highest BCUT2D eigenvalue weighted by Crippen LogP contribution is 2.36. The van der Waals surface area contributed by atoms with Crippen molar-refractivity contribution in [1.82, 2.24) is 10.2 Å². The molecule has 1 aromatic carbocycles. The van der Waals surface area contributed by atoms with E-state index >= 15 is 0 Å². The number of benzene rings is 1. The van der Waals surface area contributed by atoms with Crippen LogP contribution in [0.25, 0.3) is 0 Å². The Kier molecular flexibility index (Phi) is 6.19. The maximum Gasteiger partial charge on any atom is 0.495 e. The molecule has 2 saturated heterocycles. The summed E-state index contributed by atoms with van der Waals surface area (Å²) < 4.78 is 17.7. The van der Waals surface area contributed by atoms with Crippen LogP contribution in [-0.4, -0.2) is 60.0 Å². The zero-order valence-electron chi connectivity index (χ0n) is 20.0. The summed E-state index contributed by atoms with van der Waals surface area (Å²) in [7, 11) is -0.516. The van der Waals surface area contributed by atoms with Gasteiger partial charge in [0, 0.05) is 18.7 Å². The predicted octanol–water partition coefficient (Wildman–Crippen LogP) is 3.03. The number of carbonyl (C=O) groups is 2. The lowest BCUT2D eigenvalue weighted by molar-refractivity contribution is 0.00578. The van der Waals surface area contributed by atoms with Gasteiger partial charge in [0.05, 0.1) is 17.2 Å². The molecule has 7 nitrogen and oxygen atoms in total. The third-order valence-electron chi connectivity index (χ3n) is 6.23. The predicted molar refractivity (Wildman–Crippen MR) is 121 cm³/mol. The summed E-state index contributed by atoms with van der Waals surface area (Å²) in [6, 6.07) is 5.52.